The predicted molar refractivity (Wildman–Crippen MR) is 63.4 cm³/mol. The summed E-state index contributed by atoms with van der Waals surface area (Å²) in [5.41, 5.74) is 0.387. The number of carbonyl (C=O) groups is 1. The molecule has 1 amide bonds. The zero-order valence-electron chi connectivity index (χ0n) is 10.0. The van der Waals surface area contributed by atoms with E-state index in [1.807, 2.05) is 0 Å². The van der Waals surface area contributed by atoms with Crippen molar-refractivity contribution < 1.29 is 4.79 Å². The highest BCUT2D eigenvalue weighted by molar-refractivity contribution is 5.91. The van der Waals surface area contributed by atoms with Gasteiger partial charge in [-0.25, -0.2) is 9.97 Å². The van der Waals surface area contributed by atoms with Gasteiger partial charge in [-0.3, -0.25) is 4.79 Å². The third-order valence-corrected chi connectivity index (χ3v) is 2.32. The molecule has 1 N–H and O–H groups in total. The lowest BCUT2D eigenvalue weighted by molar-refractivity contribution is 0.0787. The number of amides is 1. The highest BCUT2D eigenvalue weighted by Crippen LogP contribution is 2.03. The van der Waals surface area contributed by atoms with Crippen molar-refractivity contribution in [2.75, 3.05) is 26.0 Å². The summed E-state index contributed by atoms with van der Waals surface area (Å²) in [6, 6.07) is 0. The van der Waals surface area contributed by atoms with Crippen LogP contribution in [0.4, 0.5) is 5.82 Å². The maximum atomic E-state index is 11.9. The Morgan fingerprint density at radius 1 is 1.44 bits per heavy atom. The van der Waals surface area contributed by atoms with Gasteiger partial charge in [0.15, 0.2) is 0 Å². The Bertz CT molecular complexity index is 336. The maximum absolute atomic E-state index is 11.9. The van der Waals surface area contributed by atoms with Crippen LogP contribution >= 0.6 is 0 Å². The van der Waals surface area contributed by atoms with Gasteiger partial charge >= 0.3 is 0 Å². The first kappa shape index (κ1) is 12.4. The van der Waals surface area contributed by atoms with Crippen LogP contribution < -0.4 is 5.32 Å². The van der Waals surface area contributed by atoms with E-state index in [1.54, 1.807) is 25.2 Å². The van der Waals surface area contributed by atoms with Crippen LogP contribution in [0, 0.1) is 0 Å². The summed E-state index contributed by atoms with van der Waals surface area (Å²) in [6.07, 6.45) is 5.13. The molecule has 0 spiro atoms. The Balaban J connectivity index is 2.64. The Morgan fingerprint density at radius 2 is 2.19 bits per heavy atom. The fourth-order valence-corrected chi connectivity index (χ4v) is 1.26. The first-order valence-corrected chi connectivity index (χ1v) is 5.44. The quantitative estimate of drug-likeness (QED) is 0.818. The molecule has 0 bridgehead atoms. The average Bonchev–Trinajstić information content (AvgIpc) is 2.35. The highest BCUT2D eigenvalue weighted by atomic mass is 16.2. The number of unbranched alkanes of at least 4 members (excludes halogenated alkanes) is 1. The van der Waals surface area contributed by atoms with Gasteiger partial charge in [-0.1, -0.05) is 13.3 Å². The number of hydrogen-bond donors (Lipinski definition) is 1. The summed E-state index contributed by atoms with van der Waals surface area (Å²) < 4.78 is 0. The van der Waals surface area contributed by atoms with Gasteiger partial charge < -0.3 is 10.2 Å². The fourth-order valence-electron chi connectivity index (χ4n) is 1.26. The molecule has 0 aromatic carbocycles. The highest BCUT2D eigenvalue weighted by Gasteiger charge is 2.12. The summed E-state index contributed by atoms with van der Waals surface area (Å²) >= 11 is 0. The van der Waals surface area contributed by atoms with Crippen molar-refractivity contribution in [2.24, 2.45) is 0 Å². The minimum absolute atomic E-state index is 0.0800. The van der Waals surface area contributed by atoms with E-state index in [1.165, 1.54) is 6.20 Å². The van der Waals surface area contributed by atoms with Crippen molar-refractivity contribution in [2.45, 2.75) is 19.8 Å². The largest absolute Gasteiger partial charge is 0.372 e. The second-order valence-corrected chi connectivity index (χ2v) is 3.62. The van der Waals surface area contributed by atoms with E-state index in [0.29, 0.717) is 11.5 Å². The molecule has 0 fully saturated rings. The molecule has 1 heterocycles. The van der Waals surface area contributed by atoms with Crippen LogP contribution in [0.1, 0.15) is 30.3 Å². The number of nitrogens with one attached hydrogen (secondary N) is 1. The van der Waals surface area contributed by atoms with Crippen molar-refractivity contribution in [1.29, 1.82) is 0 Å². The first-order chi connectivity index (χ1) is 7.69. The molecule has 1 aromatic heterocycles. The van der Waals surface area contributed by atoms with Gasteiger partial charge in [0, 0.05) is 20.6 Å². The number of nitrogens with zero attached hydrogens (tertiary/aromatic N) is 3. The topological polar surface area (TPSA) is 58.1 Å². The van der Waals surface area contributed by atoms with E-state index in [2.05, 4.69) is 22.2 Å². The second kappa shape index (κ2) is 6.05. The van der Waals surface area contributed by atoms with Crippen molar-refractivity contribution in [3.63, 3.8) is 0 Å². The van der Waals surface area contributed by atoms with E-state index in [9.17, 15) is 4.79 Å². The predicted octanol–water partition coefficient (Wildman–Crippen LogP) is 1.39. The van der Waals surface area contributed by atoms with Crippen molar-refractivity contribution in [3.8, 4) is 0 Å². The Labute approximate surface area is 95.9 Å². The lowest BCUT2D eigenvalue weighted by Gasteiger charge is -2.15. The summed E-state index contributed by atoms with van der Waals surface area (Å²) in [6.45, 7) is 2.85. The smallest absolute Gasteiger partial charge is 0.273 e. The summed E-state index contributed by atoms with van der Waals surface area (Å²) in [4.78, 5) is 21.6. The zero-order chi connectivity index (χ0) is 12.0. The fraction of sp³-hybridized carbons (Fsp3) is 0.545. The van der Waals surface area contributed by atoms with Gasteiger partial charge in [0.2, 0.25) is 0 Å². The zero-order valence-corrected chi connectivity index (χ0v) is 10.0. The summed E-state index contributed by atoms with van der Waals surface area (Å²) in [5, 5.41) is 2.86. The first-order valence-electron chi connectivity index (χ1n) is 5.44. The minimum Gasteiger partial charge on any atom is -0.372 e. The van der Waals surface area contributed by atoms with Crippen LogP contribution in [0.5, 0.6) is 0 Å². The molecule has 0 atom stereocenters. The number of aromatic nitrogens is 2. The van der Waals surface area contributed by atoms with E-state index in [-0.39, 0.29) is 5.91 Å². The molecule has 88 valence electrons. The van der Waals surface area contributed by atoms with Crippen LogP contribution in [0.2, 0.25) is 0 Å². The molecule has 1 rings (SSSR count). The van der Waals surface area contributed by atoms with Gasteiger partial charge in [0.1, 0.15) is 11.5 Å². The summed E-state index contributed by atoms with van der Waals surface area (Å²) in [7, 11) is 3.55. The Kier molecular flexibility index (Phi) is 4.69. The Morgan fingerprint density at radius 3 is 2.69 bits per heavy atom. The molecule has 5 nitrogen and oxygen atoms in total. The molecule has 0 saturated carbocycles. The molecule has 0 radical (unpaired) electrons. The molecule has 0 aliphatic heterocycles. The maximum Gasteiger partial charge on any atom is 0.273 e. The summed E-state index contributed by atoms with van der Waals surface area (Å²) in [5.74, 6) is 0.580. The van der Waals surface area contributed by atoms with Crippen LogP contribution in [0.15, 0.2) is 12.4 Å². The van der Waals surface area contributed by atoms with E-state index in [4.69, 9.17) is 0 Å². The number of rotatable bonds is 5. The van der Waals surface area contributed by atoms with Crippen molar-refractivity contribution in [3.05, 3.63) is 18.1 Å². The van der Waals surface area contributed by atoms with Gasteiger partial charge in [-0.15, -0.1) is 0 Å². The molecule has 0 aliphatic rings. The standard InChI is InChI=1S/C11H18N4O/c1-4-5-6-15(3)11(16)9-7-14-10(12-2)8-13-9/h7-8H,4-6H2,1-3H3,(H,12,14). The Hall–Kier alpha value is -1.65. The van der Waals surface area contributed by atoms with E-state index in [0.717, 1.165) is 19.4 Å². The van der Waals surface area contributed by atoms with Crippen molar-refractivity contribution in [1.82, 2.24) is 14.9 Å². The van der Waals surface area contributed by atoms with Gasteiger partial charge in [-0.05, 0) is 6.42 Å². The van der Waals surface area contributed by atoms with E-state index < -0.39 is 0 Å². The molecular formula is C11H18N4O. The minimum atomic E-state index is -0.0800. The molecule has 0 unspecified atom stereocenters. The number of anilines is 1. The average molecular weight is 222 g/mol. The van der Waals surface area contributed by atoms with Crippen LogP contribution in [-0.2, 0) is 0 Å². The third kappa shape index (κ3) is 3.18. The normalized spacial score (nSPS) is 9.94. The molecule has 5 heteroatoms. The molecule has 16 heavy (non-hydrogen) atoms. The lowest BCUT2D eigenvalue weighted by atomic mass is 10.3. The molecular weight excluding hydrogens is 204 g/mol. The second-order valence-electron chi connectivity index (χ2n) is 3.62. The van der Waals surface area contributed by atoms with Gasteiger partial charge in [0.25, 0.3) is 5.91 Å². The number of carbonyl (C=O) groups excluding carboxylic acids is 1. The molecule has 0 aliphatic carbocycles. The van der Waals surface area contributed by atoms with Gasteiger partial charge in [-0.2, -0.15) is 0 Å². The van der Waals surface area contributed by atoms with E-state index >= 15 is 0 Å². The van der Waals surface area contributed by atoms with Gasteiger partial charge in [0.05, 0.1) is 12.4 Å². The lowest BCUT2D eigenvalue weighted by Crippen LogP contribution is -2.28. The third-order valence-electron chi connectivity index (χ3n) is 2.32. The number of hydrogen-bond acceptors (Lipinski definition) is 4. The van der Waals surface area contributed by atoms with Crippen LogP contribution in [0.25, 0.3) is 0 Å². The van der Waals surface area contributed by atoms with Crippen LogP contribution in [0.3, 0.4) is 0 Å². The monoisotopic (exact) mass is 222 g/mol. The SMILES string of the molecule is CCCCN(C)C(=O)c1cnc(NC)cn1. The van der Waals surface area contributed by atoms with Crippen LogP contribution in [-0.4, -0.2) is 41.4 Å². The molecule has 0 saturated heterocycles. The molecule has 1 aromatic rings. The van der Waals surface area contributed by atoms with Crippen molar-refractivity contribution >= 4 is 11.7 Å².